The smallest absolute Gasteiger partial charge is 0.269 e. The van der Waals surface area contributed by atoms with Crippen LogP contribution in [-0.4, -0.2) is 17.4 Å². The van der Waals surface area contributed by atoms with Crippen LogP contribution in [0, 0.1) is 11.6 Å². The van der Waals surface area contributed by atoms with Crippen LogP contribution in [0.2, 0.25) is 0 Å². The summed E-state index contributed by atoms with van der Waals surface area (Å²) in [5.41, 5.74) is 0.420. The van der Waals surface area contributed by atoms with Crippen LogP contribution in [0.5, 0.6) is 0 Å². The summed E-state index contributed by atoms with van der Waals surface area (Å²) in [4.78, 5) is 15.9. The van der Waals surface area contributed by atoms with Gasteiger partial charge in [0.15, 0.2) is 0 Å². The fourth-order valence-corrected chi connectivity index (χ4v) is 2.03. The van der Waals surface area contributed by atoms with Gasteiger partial charge in [-0.05, 0) is 30.7 Å². The molecule has 2 N–H and O–H groups in total. The van der Waals surface area contributed by atoms with E-state index in [1.54, 1.807) is 6.07 Å². The minimum absolute atomic E-state index is 0.244. The van der Waals surface area contributed by atoms with Crippen LogP contribution >= 0.6 is 0 Å². The third kappa shape index (κ3) is 4.74. The molecule has 23 heavy (non-hydrogen) atoms. The number of benzene rings is 1. The summed E-state index contributed by atoms with van der Waals surface area (Å²) in [6.45, 7) is 2.70. The Morgan fingerprint density at radius 1 is 1.13 bits per heavy atom. The van der Waals surface area contributed by atoms with Crippen LogP contribution in [0.25, 0.3) is 0 Å². The number of pyridine rings is 1. The lowest BCUT2D eigenvalue weighted by Crippen LogP contribution is -2.25. The molecule has 4 nitrogen and oxygen atoms in total. The number of para-hydroxylation sites is 1. The van der Waals surface area contributed by atoms with Gasteiger partial charge >= 0.3 is 0 Å². The average Bonchev–Trinajstić information content (AvgIpc) is 2.55. The summed E-state index contributed by atoms with van der Waals surface area (Å²) in [6.07, 6.45) is 4.44. The molecule has 0 fully saturated rings. The van der Waals surface area contributed by atoms with Crippen LogP contribution in [0.4, 0.5) is 20.2 Å². The molecule has 1 heterocycles. The largest absolute Gasteiger partial charge is 0.351 e. The van der Waals surface area contributed by atoms with Crippen molar-refractivity contribution in [2.75, 3.05) is 11.9 Å². The number of hydrogen-bond donors (Lipinski definition) is 2. The number of halogens is 2. The van der Waals surface area contributed by atoms with Gasteiger partial charge in [-0.1, -0.05) is 25.8 Å². The lowest BCUT2D eigenvalue weighted by molar-refractivity contribution is 0.0948. The van der Waals surface area contributed by atoms with Gasteiger partial charge in [0.2, 0.25) is 0 Å². The van der Waals surface area contributed by atoms with E-state index >= 15 is 0 Å². The Bertz CT molecular complexity index is 639. The molecule has 0 spiro atoms. The predicted octanol–water partition coefficient (Wildman–Crippen LogP) is 4.02. The van der Waals surface area contributed by atoms with Crippen LogP contribution in [0.1, 0.15) is 36.7 Å². The molecule has 2 rings (SSSR count). The number of rotatable bonds is 7. The number of aromatic nitrogens is 1. The molecule has 6 heteroatoms. The summed E-state index contributed by atoms with van der Waals surface area (Å²) in [6, 6.07) is 6.68. The molecule has 0 aliphatic rings. The first-order valence-corrected chi connectivity index (χ1v) is 7.57. The van der Waals surface area contributed by atoms with Gasteiger partial charge < -0.3 is 10.6 Å². The van der Waals surface area contributed by atoms with Gasteiger partial charge in [0, 0.05) is 6.54 Å². The van der Waals surface area contributed by atoms with E-state index in [4.69, 9.17) is 0 Å². The van der Waals surface area contributed by atoms with Crippen molar-refractivity contribution in [3.8, 4) is 0 Å². The molecule has 0 unspecified atom stereocenters. The minimum atomic E-state index is -0.692. The van der Waals surface area contributed by atoms with Crippen LogP contribution in [0.15, 0.2) is 36.5 Å². The summed E-state index contributed by atoms with van der Waals surface area (Å²) < 4.78 is 27.1. The highest BCUT2D eigenvalue weighted by Gasteiger charge is 2.10. The second kappa shape index (κ2) is 8.22. The average molecular weight is 319 g/mol. The molecule has 0 aliphatic carbocycles. The van der Waals surface area contributed by atoms with E-state index in [2.05, 4.69) is 22.5 Å². The molecular weight excluding hydrogens is 300 g/mol. The molecule has 1 amide bonds. The molecule has 1 aromatic carbocycles. The van der Waals surface area contributed by atoms with Gasteiger partial charge in [-0.3, -0.25) is 4.79 Å². The quantitative estimate of drug-likeness (QED) is 0.758. The van der Waals surface area contributed by atoms with Gasteiger partial charge in [0.1, 0.15) is 23.0 Å². The number of unbranched alkanes of at least 4 members (excludes halogenated alkanes) is 2. The summed E-state index contributed by atoms with van der Waals surface area (Å²) in [7, 11) is 0. The summed E-state index contributed by atoms with van der Waals surface area (Å²) in [5, 5.41) is 5.40. The Morgan fingerprint density at radius 3 is 2.48 bits per heavy atom. The van der Waals surface area contributed by atoms with Gasteiger partial charge in [0.05, 0.1) is 11.9 Å². The van der Waals surface area contributed by atoms with E-state index in [9.17, 15) is 13.6 Å². The second-order valence-electron chi connectivity index (χ2n) is 5.12. The molecule has 0 saturated carbocycles. The fraction of sp³-hybridized carbons (Fsp3) is 0.294. The van der Waals surface area contributed by atoms with E-state index in [-0.39, 0.29) is 17.3 Å². The highest BCUT2D eigenvalue weighted by atomic mass is 19.1. The maximum atomic E-state index is 13.6. The van der Waals surface area contributed by atoms with E-state index in [0.29, 0.717) is 12.2 Å². The molecule has 0 saturated heterocycles. The molecule has 0 aliphatic heterocycles. The summed E-state index contributed by atoms with van der Waals surface area (Å²) in [5.74, 6) is -1.64. The van der Waals surface area contributed by atoms with E-state index in [1.165, 1.54) is 18.3 Å². The number of anilines is 2. The number of nitrogens with zero attached hydrogens (tertiary/aromatic N) is 1. The number of nitrogens with one attached hydrogen (secondary N) is 2. The minimum Gasteiger partial charge on any atom is -0.351 e. The Hall–Kier alpha value is -2.50. The molecular formula is C17H19F2N3O. The molecule has 2 aromatic rings. The van der Waals surface area contributed by atoms with Gasteiger partial charge in [-0.15, -0.1) is 0 Å². The maximum absolute atomic E-state index is 13.6. The number of carbonyl (C=O) groups is 1. The van der Waals surface area contributed by atoms with Crippen molar-refractivity contribution in [3.63, 3.8) is 0 Å². The lowest BCUT2D eigenvalue weighted by Gasteiger charge is -2.09. The van der Waals surface area contributed by atoms with Crippen molar-refractivity contribution < 1.29 is 13.6 Å². The SMILES string of the molecule is CCCCCNC(=O)c1ccc(Nc2c(F)cccc2F)cn1. The third-order valence-electron chi connectivity index (χ3n) is 3.29. The zero-order valence-electron chi connectivity index (χ0n) is 12.9. The van der Waals surface area contributed by atoms with Crippen molar-refractivity contribution in [2.24, 2.45) is 0 Å². The Labute approximate surface area is 133 Å². The molecule has 0 radical (unpaired) electrons. The first kappa shape index (κ1) is 16.9. The van der Waals surface area contributed by atoms with Crippen LogP contribution in [-0.2, 0) is 0 Å². The standard InChI is InChI=1S/C17H19F2N3O/c1-2-3-4-10-20-17(23)15-9-8-12(11-21-15)22-16-13(18)6-5-7-14(16)19/h5-9,11,22H,2-4,10H2,1H3,(H,20,23). The van der Waals surface area contributed by atoms with Gasteiger partial charge in [0.25, 0.3) is 5.91 Å². The van der Waals surface area contributed by atoms with Gasteiger partial charge in [-0.25, -0.2) is 13.8 Å². The Kier molecular flexibility index (Phi) is 6.02. The molecule has 1 aromatic heterocycles. The van der Waals surface area contributed by atoms with Crippen molar-refractivity contribution in [3.05, 3.63) is 53.9 Å². The normalized spacial score (nSPS) is 10.4. The molecule has 122 valence electrons. The second-order valence-corrected chi connectivity index (χ2v) is 5.12. The predicted molar refractivity (Wildman–Crippen MR) is 85.7 cm³/mol. The number of carbonyl (C=O) groups excluding carboxylic acids is 1. The highest BCUT2D eigenvalue weighted by molar-refractivity contribution is 5.92. The highest BCUT2D eigenvalue weighted by Crippen LogP contribution is 2.22. The van der Waals surface area contributed by atoms with Gasteiger partial charge in [-0.2, -0.15) is 0 Å². The van der Waals surface area contributed by atoms with Crippen molar-refractivity contribution in [1.29, 1.82) is 0 Å². The van der Waals surface area contributed by atoms with Crippen molar-refractivity contribution in [2.45, 2.75) is 26.2 Å². The maximum Gasteiger partial charge on any atom is 0.269 e. The zero-order chi connectivity index (χ0) is 16.7. The van der Waals surface area contributed by atoms with E-state index in [1.807, 2.05) is 0 Å². The third-order valence-corrected chi connectivity index (χ3v) is 3.29. The van der Waals surface area contributed by atoms with Crippen LogP contribution in [0.3, 0.4) is 0 Å². The van der Waals surface area contributed by atoms with E-state index < -0.39 is 11.6 Å². The van der Waals surface area contributed by atoms with Crippen LogP contribution < -0.4 is 10.6 Å². The monoisotopic (exact) mass is 319 g/mol. The first-order valence-electron chi connectivity index (χ1n) is 7.57. The van der Waals surface area contributed by atoms with Crippen molar-refractivity contribution in [1.82, 2.24) is 10.3 Å². The zero-order valence-corrected chi connectivity index (χ0v) is 12.9. The summed E-state index contributed by atoms with van der Waals surface area (Å²) >= 11 is 0. The lowest BCUT2D eigenvalue weighted by atomic mass is 10.2. The fourth-order valence-electron chi connectivity index (χ4n) is 2.03. The Balaban J connectivity index is 1.98. The number of hydrogen-bond acceptors (Lipinski definition) is 3. The first-order chi connectivity index (χ1) is 11.1. The molecule has 0 atom stereocenters. The number of amides is 1. The molecule has 0 bridgehead atoms. The topological polar surface area (TPSA) is 54.0 Å². The Morgan fingerprint density at radius 2 is 1.87 bits per heavy atom. The van der Waals surface area contributed by atoms with E-state index in [0.717, 1.165) is 31.4 Å². The van der Waals surface area contributed by atoms with Crippen molar-refractivity contribution >= 4 is 17.3 Å².